The molecule has 9 heteroatoms. The molecular formula is C29H35N3O5S. The second kappa shape index (κ2) is 10.6. The van der Waals surface area contributed by atoms with Crippen molar-refractivity contribution in [2.45, 2.75) is 55.3 Å². The zero-order valence-electron chi connectivity index (χ0n) is 21.9. The molecule has 38 heavy (non-hydrogen) atoms. The van der Waals surface area contributed by atoms with E-state index in [1.807, 2.05) is 37.3 Å². The van der Waals surface area contributed by atoms with Gasteiger partial charge in [-0.15, -0.1) is 11.8 Å². The van der Waals surface area contributed by atoms with Gasteiger partial charge in [-0.05, 0) is 48.6 Å². The Hall–Kier alpha value is -3.04. The number of likely N-dealkylation sites (tertiary alicyclic amines) is 1. The highest BCUT2D eigenvalue weighted by Crippen LogP contribution is 2.68. The summed E-state index contributed by atoms with van der Waals surface area (Å²) in [4.78, 5) is 43.3. The summed E-state index contributed by atoms with van der Waals surface area (Å²) >= 11 is 1.63. The van der Waals surface area contributed by atoms with Crippen molar-refractivity contribution in [2.24, 2.45) is 17.8 Å². The number of hydrogen-bond donors (Lipinski definition) is 3. The van der Waals surface area contributed by atoms with Crippen LogP contribution in [0.1, 0.15) is 32.3 Å². The van der Waals surface area contributed by atoms with E-state index >= 15 is 0 Å². The Morgan fingerprint density at radius 3 is 2.50 bits per heavy atom. The number of methoxy groups -OCH3 is 1. The summed E-state index contributed by atoms with van der Waals surface area (Å²) in [5.41, 5.74) is 1.59. The quantitative estimate of drug-likeness (QED) is 0.454. The average Bonchev–Trinajstić information content (AvgIpc) is 3.53. The first kappa shape index (κ1) is 26.6. The number of ether oxygens (including phenoxy) is 1. The number of nitrogens with zero attached hydrogens (tertiary/aromatic N) is 1. The molecular weight excluding hydrogens is 502 g/mol. The third-order valence-corrected chi connectivity index (χ3v) is 10.6. The number of amides is 3. The van der Waals surface area contributed by atoms with Crippen LogP contribution in [0.5, 0.6) is 5.75 Å². The van der Waals surface area contributed by atoms with Crippen LogP contribution >= 0.6 is 11.8 Å². The van der Waals surface area contributed by atoms with Gasteiger partial charge in [-0.25, -0.2) is 0 Å². The molecule has 2 aromatic rings. The number of aliphatic hydroxyl groups is 1. The molecule has 2 aromatic carbocycles. The summed E-state index contributed by atoms with van der Waals surface area (Å²) in [6.45, 7) is 4.12. The maximum atomic E-state index is 14.1. The molecule has 3 aliphatic rings. The first-order chi connectivity index (χ1) is 18.3. The van der Waals surface area contributed by atoms with Crippen molar-refractivity contribution in [1.82, 2.24) is 10.2 Å². The second-order valence-electron chi connectivity index (χ2n) is 10.5. The zero-order valence-corrected chi connectivity index (χ0v) is 22.7. The Bertz CT molecular complexity index is 1190. The first-order valence-corrected chi connectivity index (χ1v) is 14.1. The lowest BCUT2D eigenvalue weighted by Gasteiger charge is -2.40. The summed E-state index contributed by atoms with van der Waals surface area (Å²) < 4.78 is 4.48. The third-order valence-electron chi connectivity index (χ3n) is 8.48. The molecule has 0 aliphatic carbocycles. The number of hydrogen-bond acceptors (Lipinski definition) is 6. The van der Waals surface area contributed by atoms with Crippen LogP contribution in [0.15, 0.2) is 54.6 Å². The van der Waals surface area contributed by atoms with E-state index in [0.717, 1.165) is 12.0 Å². The smallest absolute Gasteiger partial charge is 0.248 e. The van der Waals surface area contributed by atoms with Crippen LogP contribution in [0, 0.1) is 17.8 Å². The van der Waals surface area contributed by atoms with Gasteiger partial charge in [0.15, 0.2) is 0 Å². The molecule has 3 aliphatic heterocycles. The fraction of sp³-hybridized carbons (Fsp3) is 0.483. The van der Waals surface area contributed by atoms with Gasteiger partial charge in [-0.3, -0.25) is 14.4 Å². The Morgan fingerprint density at radius 1 is 1.16 bits per heavy atom. The Kier molecular flexibility index (Phi) is 7.42. The Morgan fingerprint density at radius 2 is 1.87 bits per heavy atom. The number of thioether (sulfide) groups is 1. The fourth-order valence-corrected chi connectivity index (χ4v) is 9.06. The first-order valence-electron chi connectivity index (χ1n) is 13.2. The van der Waals surface area contributed by atoms with E-state index in [9.17, 15) is 19.5 Å². The zero-order chi connectivity index (χ0) is 27.0. The lowest BCUT2D eigenvalue weighted by Crippen LogP contribution is -2.57. The maximum absolute atomic E-state index is 14.1. The normalized spacial score (nSPS) is 30.2. The SMILES string of the molecule is CC[C@@H](CO)N1C(=O)[C@@H]2[C@H](C(=O)NCc3ccccc3)[C@@H]3CC(C)C2(S3)C1C(=O)Nc1ccc(OC)cc1. The summed E-state index contributed by atoms with van der Waals surface area (Å²) in [6.07, 6.45) is 1.26. The Labute approximate surface area is 227 Å². The van der Waals surface area contributed by atoms with Gasteiger partial charge < -0.3 is 25.4 Å². The maximum Gasteiger partial charge on any atom is 0.248 e. The van der Waals surface area contributed by atoms with Crippen molar-refractivity contribution in [3.63, 3.8) is 0 Å². The van der Waals surface area contributed by atoms with Crippen LogP contribution in [0.2, 0.25) is 0 Å². The van der Waals surface area contributed by atoms with Crippen LogP contribution in [0.3, 0.4) is 0 Å². The molecule has 8 nitrogen and oxygen atoms in total. The standard InChI is InChI=1S/C29H35N3O5S/c1-4-20(16-33)32-25(27(35)31-19-10-12-21(37-3)13-11-19)29-17(2)14-22(38-29)23(24(29)28(32)36)26(34)30-15-18-8-6-5-7-9-18/h5-13,17,20,22-25,33H,4,14-16H2,1-3H3,(H,30,34)(H,31,35)/t17?,20-,22-,23+,24-,25?,29?/m0/s1. The number of fused-ring (bicyclic) bond motifs is 1. The number of carbonyl (C=O) groups is 3. The van der Waals surface area contributed by atoms with Crippen molar-refractivity contribution in [3.05, 3.63) is 60.2 Å². The highest BCUT2D eigenvalue weighted by Gasteiger charge is 2.76. The number of rotatable bonds is 9. The van der Waals surface area contributed by atoms with Gasteiger partial charge in [0, 0.05) is 17.5 Å². The number of nitrogens with one attached hydrogen (secondary N) is 2. The van der Waals surface area contributed by atoms with Crippen molar-refractivity contribution >= 4 is 35.2 Å². The molecule has 0 aromatic heterocycles. The predicted molar refractivity (Wildman–Crippen MR) is 147 cm³/mol. The number of aliphatic hydroxyl groups excluding tert-OH is 1. The largest absolute Gasteiger partial charge is 0.497 e. The molecule has 3 N–H and O–H groups in total. The van der Waals surface area contributed by atoms with Crippen molar-refractivity contribution < 1.29 is 24.2 Å². The van der Waals surface area contributed by atoms with Crippen molar-refractivity contribution in [2.75, 3.05) is 19.0 Å². The van der Waals surface area contributed by atoms with Gasteiger partial charge in [-0.1, -0.05) is 44.2 Å². The second-order valence-corrected chi connectivity index (χ2v) is 12.0. The van der Waals surface area contributed by atoms with E-state index in [2.05, 4.69) is 17.6 Å². The minimum Gasteiger partial charge on any atom is -0.497 e. The number of anilines is 1. The summed E-state index contributed by atoms with van der Waals surface area (Å²) in [6, 6.07) is 15.4. The van der Waals surface area contributed by atoms with E-state index in [0.29, 0.717) is 24.4 Å². The molecule has 3 unspecified atom stereocenters. The van der Waals surface area contributed by atoms with Crippen LogP contribution in [0.25, 0.3) is 0 Å². The van der Waals surface area contributed by atoms with Crippen LogP contribution in [-0.2, 0) is 20.9 Å². The molecule has 3 saturated heterocycles. The molecule has 3 fully saturated rings. The average molecular weight is 538 g/mol. The highest BCUT2D eigenvalue weighted by molar-refractivity contribution is 8.02. The molecule has 3 heterocycles. The van der Waals surface area contributed by atoms with Crippen LogP contribution in [-0.4, -0.2) is 63.5 Å². The van der Waals surface area contributed by atoms with Crippen LogP contribution < -0.4 is 15.4 Å². The van der Waals surface area contributed by atoms with E-state index in [1.165, 1.54) is 0 Å². The van der Waals surface area contributed by atoms with E-state index in [-0.39, 0.29) is 35.5 Å². The molecule has 202 valence electrons. The van der Waals surface area contributed by atoms with E-state index < -0.39 is 28.7 Å². The van der Waals surface area contributed by atoms with Gasteiger partial charge in [0.1, 0.15) is 11.8 Å². The monoisotopic (exact) mass is 537 g/mol. The van der Waals surface area contributed by atoms with Gasteiger partial charge in [0.05, 0.1) is 36.3 Å². The number of carbonyl (C=O) groups excluding carboxylic acids is 3. The van der Waals surface area contributed by atoms with E-state index in [4.69, 9.17) is 4.74 Å². The topological polar surface area (TPSA) is 108 Å². The fourth-order valence-electron chi connectivity index (χ4n) is 6.65. The molecule has 0 saturated carbocycles. The molecule has 3 amide bonds. The van der Waals surface area contributed by atoms with Gasteiger partial charge >= 0.3 is 0 Å². The minimum atomic E-state index is -0.795. The lowest BCUT2D eigenvalue weighted by molar-refractivity contribution is -0.142. The Balaban J connectivity index is 1.47. The molecule has 0 radical (unpaired) electrons. The number of benzene rings is 2. The molecule has 7 atom stereocenters. The predicted octanol–water partition coefficient (Wildman–Crippen LogP) is 3.06. The molecule has 2 bridgehead atoms. The van der Waals surface area contributed by atoms with Crippen molar-refractivity contribution in [1.29, 1.82) is 0 Å². The third kappa shape index (κ3) is 4.25. The lowest BCUT2D eigenvalue weighted by atomic mass is 9.66. The van der Waals surface area contributed by atoms with E-state index in [1.54, 1.807) is 48.0 Å². The minimum absolute atomic E-state index is 0.0395. The summed E-state index contributed by atoms with van der Waals surface area (Å²) in [5, 5.41) is 16.2. The highest BCUT2D eigenvalue weighted by atomic mass is 32.2. The summed E-state index contributed by atoms with van der Waals surface area (Å²) in [5.74, 6) is -1.06. The van der Waals surface area contributed by atoms with Gasteiger partial charge in [0.25, 0.3) is 0 Å². The van der Waals surface area contributed by atoms with Gasteiger partial charge in [0.2, 0.25) is 17.7 Å². The van der Waals surface area contributed by atoms with Crippen LogP contribution in [0.4, 0.5) is 5.69 Å². The molecule has 5 rings (SSSR count). The van der Waals surface area contributed by atoms with Crippen molar-refractivity contribution in [3.8, 4) is 5.75 Å². The van der Waals surface area contributed by atoms with Gasteiger partial charge in [-0.2, -0.15) is 0 Å². The summed E-state index contributed by atoms with van der Waals surface area (Å²) in [7, 11) is 1.58. The molecule has 1 spiro atoms.